The Morgan fingerprint density at radius 2 is 2.25 bits per heavy atom. The Morgan fingerprint density at radius 3 is 2.95 bits per heavy atom. The van der Waals surface area contributed by atoms with Crippen molar-refractivity contribution in [3.63, 3.8) is 0 Å². The van der Waals surface area contributed by atoms with Crippen molar-refractivity contribution in [1.82, 2.24) is 19.9 Å². The number of pyridine rings is 1. The maximum absolute atomic E-state index is 11.4. The van der Waals surface area contributed by atoms with Crippen LogP contribution in [0.4, 0.5) is 5.69 Å². The van der Waals surface area contributed by atoms with Gasteiger partial charge in [0.25, 0.3) is 0 Å². The van der Waals surface area contributed by atoms with Crippen molar-refractivity contribution in [1.29, 1.82) is 0 Å². The van der Waals surface area contributed by atoms with Gasteiger partial charge in [-0.3, -0.25) is 19.7 Å². The Bertz CT molecular complexity index is 641. The average Bonchev–Trinajstić information content (AvgIpc) is 2.46. The topological polar surface area (TPSA) is 103 Å². The first-order valence-corrected chi connectivity index (χ1v) is 5.97. The fraction of sp³-hybridized carbons (Fsp3) is 0.250. The van der Waals surface area contributed by atoms with Gasteiger partial charge in [-0.25, -0.2) is 4.79 Å². The van der Waals surface area contributed by atoms with E-state index in [1.165, 1.54) is 10.8 Å². The van der Waals surface area contributed by atoms with E-state index in [1.807, 2.05) is 12.1 Å². The molecule has 0 saturated carbocycles. The van der Waals surface area contributed by atoms with E-state index in [1.54, 1.807) is 12.4 Å². The molecular formula is C12H13N5O3. The van der Waals surface area contributed by atoms with Crippen LogP contribution in [0.25, 0.3) is 0 Å². The first-order valence-electron chi connectivity index (χ1n) is 5.97. The molecule has 2 heterocycles. The lowest BCUT2D eigenvalue weighted by Gasteiger charge is -2.06. The van der Waals surface area contributed by atoms with Crippen LogP contribution in [-0.4, -0.2) is 26.0 Å². The molecule has 0 aromatic carbocycles. The molecule has 0 radical (unpaired) electrons. The predicted octanol–water partition coefficient (Wildman–Crippen LogP) is 0.336. The minimum atomic E-state index is -0.577. The number of aromatic nitrogens is 3. The lowest BCUT2D eigenvalue weighted by atomic mass is 10.3. The Morgan fingerprint density at radius 1 is 1.40 bits per heavy atom. The number of hydrogen-bond acceptors (Lipinski definition) is 6. The zero-order valence-electron chi connectivity index (χ0n) is 10.6. The van der Waals surface area contributed by atoms with Crippen LogP contribution in [-0.2, 0) is 13.1 Å². The minimum absolute atomic E-state index is 0.197. The quantitative estimate of drug-likeness (QED) is 0.463. The standard InChI is InChI=1S/C12H13N5O3/c18-12-15-8-11(17(19)20)9-16(12)5-4-14-7-10-2-1-3-13-6-10/h1-3,6,8-9,14H,4-5,7H2. The van der Waals surface area contributed by atoms with Crippen LogP contribution in [0.15, 0.2) is 41.7 Å². The van der Waals surface area contributed by atoms with Crippen molar-refractivity contribution in [3.05, 3.63) is 63.1 Å². The van der Waals surface area contributed by atoms with Crippen molar-refractivity contribution in [2.24, 2.45) is 0 Å². The number of nitrogens with zero attached hydrogens (tertiary/aromatic N) is 4. The van der Waals surface area contributed by atoms with E-state index < -0.39 is 10.6 Å². The average molecular weight is 275 g/mol. The first kappa shape index (κ1) is 13.8. The maximum atomic E-state index is 11.4. The summed E-state index contributed by atoms with van der Waals surface area (Å²) in [4.78, 5) is 28.9. The highest BCUT2D eigenvalue weighted by Gasteiger charge is 2.08. The molecule has 0 saturated heterocycles. The Kier molecular flexibility index (Phi) is 4.51. The van der Waals surface area contributed by atoms with Gasteiger partial charge in [0.2, 0.25) is 0 Å². The van der Waals surface area contributed by atoms with Crippen LogP contribution in [0.3, 0.4) is 0 Å². The van der Waals surface area contributed by atoms with Crippen LogP contribution in [0.2, 0.25) is 0 Å². The molecule has 0 spiro atoms. The lowest BCUT2D eigenvalue weighted by molar-refractivity contribution is -0.385. The van der Waals surface area contributed by atoms with Gasteiger partial charge in [0.15, 0.2) is 0 Å². The molecule has 0 unspecified atom stereocenters. The summed E-state index contributed by atoms with van der Waals surface area (Å²) in [6, 6.07) is 3.77. The van der Waals surface area contributed by atoms with Gasteiger partial charge in [0.05, 0.1) is 11.1 Å². The van der Waals surface area contributed by atoms with E-state index in [2.05, 4.69) is 15.3 Å². The van der Waals surface area contributed by atoms with Gasteiger partial charge in [0.1, 0.15) is 6.20 Å². The van der Waals surface area contributed by atoms with E-state index >= 15 is 0 Å². The van der Waals surface area contributed by atoms with Crippen molar-refractivity contribution < 1.29 is 4.92 Å². The van der Waals surface area contributed by atoms with Gasteiger partial charge < -0.3 is 5.32 Å². The van der Waals surface area contributed by atoms with E-state index in [0.717, 1.165) is 11.8 Å². The molecule has 0 atom stereocenters. The fourth-order valence-corrected chi connectivity index (χ4v) is 1.63. The van der Waals surface area contributed by atoms with Crippen molar-refractivity contribution in [2.45, 2.75) is 13.1 Å². The highest BCUT2D eigenvalue weighted by Crippen LogP contribution is 2.04. The monoisotopic (exact) mass is 275 g/mol. The molecule has 2 aromatic heterocycles. The zero-order valence-corrected chi connectivity index (χ0v) is 10.6. The third-order valence-electron chi connectivity index (χ3n) is 2.63. The molecule has 20 heavy (non-hydrogen) atoms. The van der Waals surface area contributed by atoms with Crippen molar-refractivity contribution in [3.8, 4) is 0 Å². The van der Waals surface area contributed by atoms with Crippen LogP contribution < -0.4 is 11.0 Å². The normalized spacial score (nSPS) is 10.4. The van der Waals surface area contributed by atoms with Gasteiger partial charge >= 0.3 is 11.4 Å². The third kappa shape index (κ3) is 3.69. The largest absolute Gasteiger partial charge is 0.348 e. The Hall–Kier alpha value is -2.61. The molecule has 104 valence electrons. The summed E-state index contributed by atoms with van der Waals surface area (Å²) in [6.45, 7) is 1.43. The molecule has 8 heteroatoms. The SMILES string of the molecule is O=c1ncc([N+](=O)[O-])cn1CCNCc1cccnc1. The molecule has 8 nitrogen and oxygen atoms in total. The molecular weight excluding hydrogens is 262 g/mol. The third-order valence-corrected chi connectivity index (χ3v) is 2.63. The molecule has 0 aliphatic carbocycles. The second-order valence-electron chi connectivity index (χ2n) is 4.08. The second kappa shape index (κ2) is 6.53. The zero-order chi connectivity index (χ0) is 14.4. The molecule has 2 aromatic rings. The summed E-state index contributed by atoms with van der Waals surface area (Å²) in [5, 5.41) is 13.7. The highest BCUT2D eigenvalue weighted by atomic mass is 16.6. The molecule has 1 N–H and O–H groups in total. The first-order chi connectivity index (χ1) is 9.66. The Balaban J connectivity index is 1.89. The summed E-state index contributed by atoms with van der Waals surface area (Å²) >= 11 is 0. The van der Waals surface area contributed by atoms with Crippen molar-refractivity contribution in [2.75, 3.05) is 6.54 Å². The molecule has 0 aliphatic heterocycles. The van der Waals surface area contributed by atoms with Crippen molar-refractivity contribution >= 4 is 5.69 Å². The summed E-state index contributed by atoms with van der Waals surface area (Å²) in [6.07, 6.45) is 5.59. The molecule has 0 amide bonds. The van der Waals surface area contributed by atoms with Crippen LogP contribution in [0.5, 0.6) is 0 Å². The van der Waals surface area contributed by atoms with E-state index in [0.29, 0.717) is 19.6 Å². The second-order valence-corrected chi connectivity index (χ2v) is 4.08. The predicted molar refractivity (Wildman–Crippen MR) is 71.1 cm³/mol. The molecule has 2 rings (SSSR count). The van der Waals surface area contributed by atoms with Gasteiger partial charge in [-0.05, 0) is 11.6 Å². The van der Waals surface area contributed by atoms with Gasteiger partial charge in [-0.15, -0.1) is 0 Å². The van der Waals surface area contributed by atoms with Crippen LogP contribution in [0, 0.1) is 10.1 Å². The fourth-order valence-electron chi connectivity index (χ4n) is 1.63. The molecule has 0 bridgehead atoms. The Labute approximate surface area is 114 Å². The highest BCUT2D eigenvalue weighted by molar-refractivity contribution is 5.20. The number of rotatable bonds is 6. The van der Waals surface area contributed by atoms with Crippen LogP contribution >= 0.6 is 0 Å². The van der Waals surface area contributed by atoms with E-state index in [9.17, 15) is 14.9 Å². The molecule has 0 aliphatic rings. The lowest BCUT2D eigenvalue weighted by Crippen LogP contribution is -2.28. The van der Waals surface area contributed by atoms with Gasteiger partial charge in [0, 0.05) is 32.0 Å². The number of hydrogen-bond donors (Lipinski definition) is 1. The summed E-state index contributed by atoms with van der Waals surface area (Å²) < 4.78 is 1.22. The molecule has 0 fully saturated rings. The van der Waals surface area contributed by atoms with E-state index in [-0.39, 0.29) is 5.69 Å². The van der Waals surface area contributed by atoms with Gasteiger partial charge in [-0.2, -0.15) is 4.98 Å². The summed E-state index contributed by atoms with van der Waals surface area (Å²) in [5.74, 6) is 0. The smallest absolute Gasteiger partial charge is 0.311 e. The minimum Gasteiger partial charge on any atom is -0.311 e. The van der Waals surface area contributed by atoms with E-state index in [4.69, 9.17) is 0 Å². The van der Waals surface area contributed by atoms with Gasteiger partial charge in [-0.1, -0.05) is 6.07 Å². The van der Waals surface area contributed by atoms with Crippen LogP contribution in [0.1, 0.15) is 5.56 Å². The number of nitrogens with one attached hydrogen (secondary N) is 1. The summed E-state index contributed by atoms with van der Waals surface area (Å²) in [7, 11) is 0. The maximum Gasteiger partial charge on any atom is 0.348 e. The summed E-state index contributed by atoms with van der Waals surface area (Å²) in [5.41, 5.74) is 0.327. The number of nitro groups is 1.